The molecule has 0 amide bonds. The number of thiophene rings is 1. The number of nitrogens with zero attached hydrogens (tertiary/aromatic N) is 3. The summed E-state index contributed by atoms with van der Waals surface area (Å²) in [6.45, 7) is 2.00. The van der Waals surface area contributed by atoms with Crippen molar-refractivity contribution in [3.8, 4) is 10.6 Å². The molecule has 3 nitrogen and oxygen atoms in total. The molecule has 0 aliphatic heterocycles. The highest BCUT2D eigenvalue weighted by Crippen LogP contribution is 2.37. The summed E-state index contributed by atoms with van der Waals surface area (Å²) >= 11 is 4.88. The number of fused-ring (bicyclic) bond motifs is 1. The summed E-state index contributed by atoms with van der Waals surface area (Å²) in [6.07, 6.45) is 0. The Balaban J connectivity index is 1.69. The smallest absolute Gasteiger partial charge is 0.146 e. The van der Waals surface area contributed by atoms with Crippen molar-refractivity contribution >= 4 is 44.7 Å². The predicted molar refractivity (Wildman–Crippen MR) is 99.2 cm³/mol. The lowest BCUT2D eigenvalue weighted by Gasteiger charge is -2.04. The summed E-state index contributed by atoms with van der Waals surface area (Å²) in [4.78, 5) is 5.75. The van der Waals surface area contributed by atoms with Crippen molar-refractivity contribution in [3.63, 3.8) is 0 Å². The first-order valence-electron chi connectivity index (χ1n) is 7.25. The highest BCUT2D eigenvalue weighted by Gasteiger charge is 2.16. The van der Waals surface area contributed by atoms with E-state index in [0.717, 1.165) is 36.4 Å². The van der Waals surface area contributed by atoms with E-state index in [2.05, 4.69) is 21.2 Å². The minimum absolute atomic E-state index is 0.221. The molecule has 120 valence electrons. The maximum Gasteiger partial charge on any atom is 0.146 e. The number of aromatic nitrogens is 3. The van der Waals surface area contributed by atoms with Gasteiger partial charge in [-0.25, -0.2) is 9.37 Å². The fourth-order valence-electron chi connectivity index (χ4n) is 2.32. The van der Waals surface area contributed by atoms with Crippen LogP contribution in [0.3, 0.4) is 0 Å². The zero-order valence-electron chi connectivity index (χ0n) is 12.7. The van der Waals surface area contributed by atoms with Gasteiger partial charge in [-0.15, -0.1) is 32.9 Å². The van der Waals surface area contributed by atoms with Crippen LogP contribution in [0.4, 0.5) is 4.39 Å². The van der Waals surface area contributed by atoms with E-state index in [0.29, 0.717) is 5.75 Å². The molecule has 4 rings (SSSR count). The Bertz CT molecular complexity index is 978. The fourth-order valence-corrected chi connectivity index (χ4v) is 4.97. The van der Waals surface area contributed by atoms with E-state index < -0.39 is 0 Å². The van der Waals surface area contributed by atoms with Gasteiger partial charge in [0.15, 0.2) is 0 Å². The van der Waals surface area contributed by atoms with Gasteiger partial charge in [0, 0.05) is 5.75 Å². The molecule has 0 spiro atoms. The molecule has 0 aliphatic carbocycles. The molecular formula is C17H12FN3S3. The second kappa shape index (κ2) is 6.58. The summed E-state index contributed by atoms with van der Waals surface area (Å²) in [5, 5.41) is 12.7. The van der Waals surface area contributed by atoms with Crippen LogP contribution in [-0.2, 0) is 5.75 Å². The van der Waals surface area contributed by atoms with Crippen LogP contribution in [0, 0.1) is 12.7 Å². The number of rotatable bonds is 4. The van der Waals surface area contributed by atoms with Crippen molar-refractivity contribution in [1.82, 2.24) is 15.2 Å². The number of aryl methyl sites for hydroxylation is 1. The second-order valence-electron chi connectivity index (χ2n) is 5.16. The van der Waals surface area contributed by atoms with E-state index in [1.165, 1.54) is 12.1 Å². The summed E-state index contributed by atoms with van der Waals surface area (Å²) in [7, 11) is 0. The lowest BCUT2D eigenvalue weighted by Crippen LogP contribution is -1.92. The van der Waals surface area contributed by atoms with E-state index in [-0.39, 0.29) is 5.82 Å². The van der Waals surface area contributed by atoms with Crippen molar-refractivity contribution in [2.24, 2.45) is 0 Å². The standard InChI is InChI=1S/C17H12FN3S3/c1-10-19-15-16(24-10)14(13-3-2-8-22-13)20-21-17(15)23-9-11-4-6-12(18)7-5-11/h2-8H,9H2,1H3. The fraction of sp³-hybridized carbons (Fsp3) is 0.118. The van der Waals surface area contributed by atoms with Crippen molar-refractivity contribution in [1.29, 1.82) is 0 Å². The summed E-state index contributed by atoms with van der Waals surface area (Å²) in [6, 6.07) is 10.6. The predicted octanol–water partition coefficient (Wildman–Crippen LogP) is 5.55. The van der Waals surface area contributed by atoms with E-state index in [9.17, 15) is 4.39 Å². The monoisotopic (exact) mass is 373 g/mol. The van der Waals surface area contributed by atoms with Crippen LogP contribution in [0.1, 0.15) is 10.6 Å². The Morgan fingerprint density at radius 1 is 1.12 bits per heavy atom. The molecule has 0 fully saturated rings. The zero-order valence-corrected chi connectivity index (χ0v) is 15.1. The lowest BCUT2D eigenvalue weighted by molar-refractivity contribution is 0.627. The summed E-state index contributed by atoms with van der Waals surface area (Å²) < 4.78 is 14.1. The molecule has 3 aromatic heterocycles. The number of hydrogen-bond acceptors (Lipinski definition) is 6. The third-order valence-corrected chi connectivity index (χ3v) is 6.32. The molecule has 0 N–H and O–H groups in total. The van der Waals surface area contributed by atoms with Gasteiger partial charge < -0.3 is 0 Å². The minimum Gasteiger partial charge on any atom is -0.238 e. The minimum atomic E-state index is -0.221. The van der Waals surface area contributed by atoms with Gasteiger partial charge in [0.2, 0.25) is 0 Å². The van der Waals surface area contributed by atoms with Gasteiger partial charge >= 0.3 is 0 Å². The molecule has 24 heavy (non-hydrogen) atoms. The topological polar surface area (TPSA) is 38.7 Å². The zero-order chi connectivity index (χ0) is 16.5. The van der Waals surface area contributed by atoms with Gasteiger partial charge in [-0.2, -0.15) is 0 Å². The summed E-state index contributed by atoms with van der Waals surface area (Å²) in [5.41, 5.74) is 2.85. The first-order chi connectivity index (χ1) is 11.7. The van der Waals surface area contributed by atoms with Gasteiger partial charge in [0.1, 0.15) is 22.1 Å². The molecule has 0 aliphatic rings. The van der Waals surface area contributed by atoms with Crippen LogP contribution in [-0.4, -0.2) is 15.2 Å². The number of halogens is 1. The van der Waals surface area contributed by atoms with E-state index >= 15 is 0 Å². The first-order valence-corrected chi connectivity index (χ1v) is 9.94. The molecule has 0 saturated carbocycles. The molecule has 7 heteroatoms. The van der Waals surface area contributed by atoms with Crippen molar-refractivity contribution < 1.29 is 4.39 Å². The number of thiazole rings is 1. The van der Waals surface area contributed by atoms with Crippen molar-refractivity contribution in [2.75, 3.05) is 0 Å². The highest BCUT2D eigenvalue weighted by atomic mass is 32.2. The number of benzene rings is 1. The number of hydrogen-bond donors (Lipinski definition) is 0. The van der Waals surface area contributed by atoms with Crippen LogP contribution < -0.4 is 0 Å². The molecule has 0 bridgehead atoms. The SMILES string of the molecule is Cc1nc2c(SCc3ccc(F)cc3)nnc(-c3cccs3)c2s1. The molecular weight excluding hydrogens is 361 g/mol. The van der Waals surface area contributed by atoms with Crippen molar-refractivity contribution in [2.45, 2.75) is 17.7 Å². The molecule has 0 saturated heterocycles. The van der Waals surface area contributed by atoms with Gasteiger partial charge in [0.05, 0.1) is 14.6 Å². The quantitative estimate of drug-likeness (QED) is 0.439. The molecule has 0 radical (unpaired) electrons. The third-order valence-electron chi connectivity index (χ3n) is 3.44. The Morgan fingerprint density at radius 3 is 2.71 bits per heavy atom. The second-order valence-corrected chi connectivity index (χ2v) is 8.27. The number of thioether (sulfide) groups is 1. The van der Waals surface area contributed by atoms with Crippen LogP contribution in [0.15, 0.2) is 46.8 Å². The van der Waals surface area contributed by atoms with Crippen molar-refractivity contribution in [3.05, 3.63) is 58.2 Å². The molecule has 1 aromatic carbocycles. The largest absolute Gasteiger partial charge is 0.238 e. The van der Waals surface area contributed by atoms with E-state index in [1.807, 2.05) is 18.4 Å². The van der Waals surface area contributed by atoms with Gasteiger partial charge in [-0.05, 0) is 36.1 Å². The lowest BCUT2D eigenvalue weighted by atomic mass is 10.2. The van der Waals surface area contributed by atoms with Crippen LogP contribution in [0.25, 0.3) is 20.8 Å². The third kappa shape index (κ3) is 3.07. The Labute approximate surface area is 150 Å². The highest BCUT2D eigenvalue weighted by molar-refractivity contribution is 7.98. The average Bonchev–Trinajstić information content (AvgIpc) is 3.23. The van der Waals surface area contributed by atoms with Crippen LogP contribution >= 0.6 is 34.4 Å². The summed E-state index contributed by atoms with van der Waals surface area (Å²) in [5.74, 6) is 0.486. The molecule has 3 heterocycles. The Kier molecular flexibility index (Phi) is 4.30. The van der Waals surface area contributed by atoms with Crippen LogP contribution in [0.5, 0.6) is 0 Å². The molecule has 0 unspecified atom stereocenters. The maximum absolute atomic E-state index is 13.0. The van der Waals surface area contributed by atoms with E-state index in [4.69, 9.17) is 0 Å². The van der Waals surface area contributed by atoms with Gasteiger partial charge in [-0.1, -0.05) is 30.0 Å². The normalized spacial score (nSPS) is 11.2. The first kappa shape index (κ1) is 15.7. The molecule has 4 aromatic rings. The molecule has 0 atom stereocenters. The maximum atomic E-state index is 13.0. The Morgan fingerprint density at radius 2 is 1.96 bits per heavy atom. The van der Waals surface area contributed by atoms with E-state index in [1.54, 1.807) is 46.6 Å². The van der Waals surface area contributed by atoms with Gasteiger partial charge in [0.25, 0.3) is 0 Å². The average molecular weight is 374 g/mol. The van der Waals surface area contributed by atoms with Crippen LogP contribution in [0.2, 0.25) is 0 Å². The Hall–Kier alpha value is -1.83. The van der Waals surface area contributed by atoms with Gasteiger partial charge in [-0.3, -0.25) is 0 Å².